The van der Waals surface area contributed by atoms with E-state index in [1.807, 2.05) is 12.1 Å². The van der Waals surface area contributed by atoms with Gasteiger partial charge in [-0.3, -0.25) is 10.1 Å². The number of anilines is 1. The van der Waals surface area contributed by atoms with E-state index in [-0.39, 0.29) is 24.4 Å². The van der Waals surface area contributed by atoms with Gasteiger partial charge in [-0.05, 0) is 31.5 Å². The molecule has 7 heteroatoms. The Labute approximate surface area is 127 Å². The van der Waals surface area contributed by atoms with Crippen molar-refractivity contribution >= 4 is 46.9 Å². The molecule has 2 aromatic rings. The fraction of sp³-hybridized carbons (Fsp3) is 0.385. The third kappa shape index (κ3) is 3.06. The lowest BCUT2D eigenvalue weighted by Gasteiger charge is -2.21. The topological polar surface area (TPSA) is 69.8 Å². The number of benzene rings is 1. The molecular weight excluding hydrogens is 299 g/mol. The number of piperidine rings is 1. The van der Waals surface area contributed by atoms with Gasteiger partial charge in [0.1, 0.15) is 5.52 Å². The Hall–Kier alpha value is -1.30. The van der Waals surface area contributed by atoms with Crippen LogP contribution in [0, 0.1) is 0 Å². The molecule has 2 heterocycles. The van der Waals surface area contributed by atoms with Crippen molar-refractivity contribution in [1.82, 2.24) is 15.3 Å². The van der Waals surface area contributed by atoms with Crippen LogP contribution in [0.2, 0.25) is 5.02 Å². The van der Waals surface area contributed by atoms with E-state index >= 15 is 0 Å². The molecule has 108 valence electrons. The molecule has 1 aliphatic heterocycles. The predicted octanol–water partition coefficient (Wildman–Crippen LogP) is 2.72. The molecule has 1 aliphatic rings. The Morgan fingerprint density at radius 1 is 1.40 bits per heavy atom. The predicted molar refractivity (Wildman–Crippen MR) is 82.6 cm³/mol. The van der Waals surface area contributed by atoms with Gasteiger partial charge in [0.15, 0.2) is 0 Å². The third-order valence-corrected chi connectivity index (χ3v) is 3.64. The van der Waals surface area contributed by atoms with Gasteiger partial charge in [0.25, 0.3) is 0 Å². The first kappa shape index (κ1) is 15.1. The average Bonchev–Trinajstić information content (AvgIpc) is 2.84. The lowest BCUT2D eigenvalue weighted by molar-refractivity contribution is -0.118. The monoisotopic (exact) mass is 314 g/mol. The Morgan fingerprint density at radius 2 is 2.25 bits per heavy atom. The number of H-pyrrole nitrogens is 1. The molecular formula is C13H16Cl2N4O. The second-order valence-corrected chi connectivity index (χ2v) is 5.12. The second kappa shape index (κ2) is 6.43. The van der Waals surface area contributed by atoms with Crippen molar-refractivity contribution in [2.75, 3.05) is 11.9 Å². The number of aromatic nitrogens is 2. The van der Waals surface area contributed by atoms with Crippen molar-refractivity contribution in [2.24, 2.45) is 0 Å². The minimum Gasteiger partial charge on any atom is -0.324 e. The maximum Gasteiger partial charge on any atom is 0.243 e. The number of hydrogen-bond acceptors (Lipinski definition) is 3. The maximum absolute atomic E-state index is 12.1. The van der Waals surface area contributed by atoms with Crippen molar-refractivity contribution in [2.45, 2.75) is 25.3 Å². The number of amides is 1. The van der Waals surface area contributed by atoms with Crippen LogP contribution in [0.4, 0.5) is 5.95 Å². The highest BCUT2D eigenvalue weighted by atomic mass is 35.5. The highest BCUT2D eigenvalue weighted by molar-refractivity contribution is 6.35. The van der Waals surface area contributed by atoms with Gasteiger partial charge in [-0.1, -0.05) is 24.1 Å². The van der Waals surface area contributed by atoms with E-state index in [4.69, 9.17) is 11.6 Å². The van der Waals surface area contributed by atoms with Gasteiger partial charge >= 0.3 is 0 Å². The summed E-state index contributed by atoms with van der Waals surface area (Å²) in [5.41, 5.74) is 1.50. The molecule has 5 nitrogen and oxygen atoms in total. The molecule has 1 aromatic carbocycles. The van der Waals surface area contributed by atoms with E-state index in [0.717, 1.165) is 31.3 Å². The van der Waals surface area contributed by atoms with Gasteiger partial charge in [0, 0.05) is 0 Å². The fourth-order valence-electron chi connectivity index (χ4n) is 2.34. The van der Waals surface area contributed by atoms with Crippen molar-refractivity contribution in [3.8, 4) is 0 Å². The highest BCUT2D eigenvalue weighted by Crippen LogP contribution is 2.22. The minimum absolute atomic E-state index is 0. The van der Waals surface area contributed by atoms with Crippen LogP contribution in [-0.2, 0) is 4.79 Å². The molecule has 1 atom stereocenters. The second-order valence-electron chi connectivity index (χ2n) is 4.71. The van der Waals surface area contributed by atoms with Gasteiger partial charge in [-0.2, -0.15) is 0 Å². The van der Waals surface area contributed by atoms with Crippen LogP contribution in [0.15, 0.2) is 18.2 Å². The van der Waals surface area contributed by atoms with Crippen LogP contribution < -0.4 is 10.6 Å². The van der Waals surface area contributed by atoms with E-state index in [1.165, 1.54) is 0 Å². The molecule has 0 saturated carbocycles. The summed E-state index contributed by atoms with van der Waals surface area (Å²) in [6.07, 6.45) is 3.08. The van der Waals surface area contributed by atoms with Crippen LogP contribution in [-0.4, -0.2) is 28.5 Å². The number of carbonyl (C=O) groups is 1. The Balaban J connectivity index is 0.00000147. The third-order valence-electron chi connectivity index (χ3n) is 3.33. The smallest absolute Gasteiger partial charge is 0.243 e. The lowest BCUT2D eigenvalue weighted by atomic mass is 10.0. The summed E-state index contributed by atoms with van der Waals surface area (Å²) in [7, 11) is 0. The Bertz CT molecular complexity index is 607. The normalized spacial score (nSPS) is 18.6. The number of aromatic amines is 1. The molecule has 3 N–H and O–H groups in total. The van der Waals surface area contributed by atoms with E-state index in [1.54, 1.807) is 6.07 Å². The van der Waals surface area contributed by atoms with E-state index in [9.17, 15) is 4.79 Å². The van der Waals surface area contributed by atoms with Gasteiger partial charge in [0.2, 0.25) is 11.9 Å². The van der Waals surface area contributed by atoms with Crippen molar-refractivity contribution in [3.63, 3.8) is 0 Å². The zero-order valence-electron chi connectivity index (χ0n) is 10.8. The van der Waals surface area contributed by atoms with Crippen LogP contribution in [0.25, 0.3) is 11.0 Å². The molecule has 1 fully saturated rings. The van der Waals surface area contributed by atoms with Gasteiger partial charge in [-0.15, -0.1) is 12.4 Å². The first-order valence-corrected chi connectivity index (χ1v) is 6.80. The van der Waals surface area contributed by atoms with Crippen LogP contribution in [0.3, 0.4) is 0 Å². The number of para-hydroxylation sites is 1. The zero-order chi connectivity index (χ0) is 13.2. The van der Waals surface area contributed by atoms with E-state index in [0.29, 0.717) is 16.5 Å². The zero-order valence-corrected chi connectivity index (χ0v) is 12.4. The molecule has 1 amide bonds. The molecule has 20 heavy (non-hydrogen) atoms. The number of hydrogen-bond donors (Lipinski definition) is 3. The summed E-state index contributed by atoms with van der Waals surface area (Å²) in [4.78, 5) is 19.4. The summed E-state index contributed by atoms with van der Waals surface area (Å²) >= 11 is 6.05. The number of nitrogens with one attached hydrogen (secondary N) is 3. The summed E-state index contributed by atoms with van der Waals surface area (Å²) < 4.78 is 0. The number of fused-ring (bicyclic) bond motifs is 1. The summed E-state index contributed by atoms with van der Waals surface area (Å²) in [6.45, 7) is 0.893. The van der Waals surface area contributed by atoms with Crippen LogP contribution >= 0.6 is 24.0 Å². The number of halogens is 2. The molecule has 0 bridgehead atoms. The molecule has 3 rings (SSSR count). The minimum atomic E-state index is -0.127. The van der Waals surface area contributed by atoms with Crippen molar-refractivity contribution < 1.29 is 4.79 Å². The first-order chi connectivity index (χ1) is 9.24. The number of imidazole rings is 1. The number of nitrogens with zero attached hydrogens (tertiary/aromatic N) is 1. The molecule has 0 radical (unpaired) electrons. The van der Waals surface area contributed by atoms with Crippen molar-refractivity contribution in [1.29, 1.82) is 0 Å². The molecule has 1 unspecified atom stereocenters. The average molecular weight is 315 g/mol. The van der Waals surface area contributed by atoms with Gasteiger partial charge in [0.05, 0.1) is 16.6 Å². The number of carbonyl (C=O) groups excluding carboxylic acids is 1. The van der Waals surface area contributed by atoms with E-state index < -0.39 is 0 Å². The largest absolute Gasteiger partial charge is 0.324 e. The highest BCUT2D eigenvalue weighted by Gasteiger charge is 2.21. The molecule has 1 saturated heterocycles. The van der Waals surface area contributed by atoms with E-state index in [2.05, 4.69) is 20.6 Å². The summed E-state index contributed by atoms with van der Waals surface area (Å²) in [5, 5.41) is 6.58. The SMILES string of the molecule is Cl.O=C(Nc1nc2c(Cl)cccc2[nH]1)C1CCCCN1. The number of rotatable bonds is 2. The van der Waals surface area contributed by atoms with Crippen molar-refractivity contribution in [3.05, 3.63) is 23.2 Å². The van der Waals surface area contributed by atoms with Gasteiger partial charge in [-0.25, -0.2) is 4.98 Å². The first-order valence-electron chi connectivity index (χ1n) is 6.42. The summed E-state index contributed by atoms with van der Waals surface area (Å²) in [6, 6.07) is 5.37. The van der Waals surface area contributed by atoms with Gasteiger partial charge < -0.3 is 10.3 Å². The van der Waals surface area contributed by atoms with Crippen LogP contribution in [0.5, 0.6) is 0 Å². The quantitative estimate of drug-likeness (QED) is 0.798. The Morgan fingerprint density at radius 3 is 2.95 bits per heavy atom. The standard InChI is InChI=1S/C13H15ClN4O.ClH/c14-8-4-3-6-9-11(8)17-13(16-9)18-12(19)10-5-1-2-7-15-10;/h3-4,6,10,15H,1-2,5,7H2,(H2,16,17,18,19);1H. The molecule has 0 spiro atoms. The summed E-state index contributed by atoms with van der Waals surface area (Å²) in [5.74, 6) is 0.398. The Kier molecular flexibility index (Phi) is 4.86. The maximum atomic E-state index is 12.1. The van der Waals surface area contributed by atoms with Crippen LogP contribution in [0.1, 0.15) is 19.3 Å². The fourth-order valence-corrected chi connectivity index (χ4v) is 2.55. The molecule has 1 aromatic heterocycles. The lowest BCUT2D eigenvalue weighted by Crippen LogP contribution is -2.43. The molecule has 0 aliphatic carbocycles.